The summed E-state index contributed by atoms with van der Waals surface area (Å²) >= 11 is 0. The minimum Gasteiger partial charge on any atom is -0.398 e. The number of hydrogen-bond donors (Lipinski definition) is 4. The average molecular weight is 307 g/mol. The fourth-order valence-electron chi connectivity index (χ4n) is 2.93. The third-order valence-electron chi connectivity index (χ3n) is 3.89. The van der Waals surface area contributed by atoms with Gasteiger partial charge in [0.1, 0.15) is 11.9 Å². The van der Waals surface area contributed by atoms with Gasteiger partial charge in [0, 0.05) is 11.4 Å². The van der Waals surface area contributed by atoms with E-state index in [0.29, 0.717) is 17.0 Å². The van der Waals surface area contributed by atoms with Gasteiger partial charge in [0.2, 0.25) is 5.91 Å². The second-order valence-electron chi connectivity index (χ2n) is 5.38. The van der Waals surface area contributed by atoms with E-state index in [1.54, 1.807) is 0 Å². The molecule has 2 amide bonds. The molecule has 0 saturated carbocycles. The number of piperidine rings is 1. The van der Waals surface area contributed by atoms with Gasteiger partial charge in [-0.05, 0) is 25.0 Å². The number of benzene rings is 1. The third kappa shape index (κ3) is 1.88. The lowest BCUT2D eigenvalue weighted by Crippen LogP contribution is -2.57. The number of nitrogens with zero attached hydrogens (tertiary/aromatic N) is 1. The van der Waals surface area contributed by atoms with Crippen LogP contribution in [-0.4, -0.2) is 33.0 Å². The maximum absolute atomic E-state index is 13.4. The van der Waals surface area contributed by atoms with Gasteiger partial charge in [0.25, 0.3) is 11.8 Å². The first-order valence-corrected chi connectivity index (χ1v) is 6.60. The second-order valence-corrected chi connectivity index (χ2v) is 5.38. The fraction of sp³-hybridized carbons (Fsp3) is 0.286. The summed E-state index contributed by atoms with van der Waals surface area (Å²) in [6.07, 6.45) is 0.562. The van der Waals surface area contributed by atoms with Gasteiger partial charge in [0.15, 0.2) is 0 Å². The van der Waals surface area contributed by atoms with Gasteiger partial charge in [-0.2, -0.15) is 0 Å². The second kappa shape index (κ2) is 4.52. The highest BCUT2D eigenvalue weighted by Crippen LogP contribution is 2.41. The molecule has 7 nitrogen and oxygen atoms in total. The van der Waals surface area contributed by atoms with Crippen LogP contribution < -0.4 is 11.1 Å². The number of anilines is 1. The van der Waals surface area contributed by atoms with E-state index in [0.717, 1.165) is 12.1 Å². The van der Waals surface area contributed by atoms with E-state index in [1.165, 1.54) is 0 Å². The Morgan fingerprint density at radius 2 is 2.09 bits per heavy atom. The van der Waals surface area contributed by atoms with Crippen molar-refractivity contribution in [2.45, 2.75) is 24.8 Å². The first-order valence-electron chi connectivity index (χ1n) is 6.60. The van der Waals surface area contributed by atoms with Crippen LogP contribution in [0.4, 0.5) is 10.1 Å². The zero-order chi connectivity index (χ0) is 16.2. The normalized spacial score (nSPS) is 23.5. The topological polar surface area (TPSA) is 116 Å². The quantitative estimate of drug-likeness (QED) is 0.422. The first kappa shape index (κ1) is 14.5. The Balaban J connectivity index is 2.08. The first-order chi connectivity index (χ1) is 10.2. The number of allylic oxidation sites excluding steroid dienone is 1. The number of aliphatic hydroxyl groups is 2. The van der Waals surface area contributed by atoms with Gasteiger partial charge < -0.3 is 21.3 Å². The van der Waals surface area contributed by atoms with Crippen molar-refractivity contribution in [1.29, 1.82) is 0 Å². The van der Waals surface area contributed by atoms with Crippen molar-refractivity contribution in [3.8, 4) is 0 Å². The molecule has 3 rings (SSSR count). The summed E-state index contributed by atoms with van der Waals surface area (Å²) in [5.41, 5.74) is 5.25. The minimum absolute atomic E-state index is 0.176. The van der Waals surface area contributed by atoms with Crippen LogP contribution in [-0.2, 0) is 10.7 Å². The Morgan fingerprint density at radius 3 is 2.73 bits per heavy atom. The summed E-state index contributed by atoms with van der Waals surface area (Å²) in [6, 6.07) is 0.650. The lowest BCUT2D eigenvalue weighted by atomic mass is 10.0. The van der Waals surface area contributed by atoms with Crippen molar-refractivity contribution < 1.29 is 24.2 Å². The maximum Gasteiger partial charge on any atom is 0.281 e. The lowest BCUT2D eigenvalue weighted by molar-refractivity contribution is -0.258. The standard InChI is InChI=1S/C14H14FN3O4/c1-6-2-3-10(12(19)17-6)18-13(20)8-4-7(15)5-9(16)11(8)14(18,21)22/h4-5,10,21-22H,1-3,16H2,(H,17,19). The van der Waals surface area contributed by atoms with Crippen molar-refractivity contribution in [2.75, 3.05) is 5.73 Å². The monoisotopic (exact) mass is 307 g/mol. The van der Waals surface area contributed by atoms with E-state index < -0.39 is 29.6 Å². The highest BCUT2D eigenvalue weighted by molar-refractivity contribution is 6.03. The molecular formula is C14H14FN3O4. The number of nitrogen functional groups attached to an aromatic ring is 1. The zero-order valence-electron chi connectivity index (χ0n) is 11.5. The molecule has 22 heavy (non-hydrogen) atoms. The molecule has 0 radical (unpaired) electrons. The highest BCUT2D eigenvalue weighted by atomic mass is 19.1. The molecule has 0 spiro atoms. The van der Waals surface area contributed by atoms with Crippen LogP contribution in [0.5, 0.6) is 0 Å². The van der Waals surface area contributed by atoms with Gasteiger partial charge >= 0.3 is 0 Å². The molecule has 1 atom stereocenters. The maximum atomic E-state index is 13.4. The fourth-order valence-corrected chi connectivity index (χ4v) is 2.93. The Labute approximate surface area is 124 Å². The molecule has 116 valence electrons. The summed E-state index contributed by atoms with van der Waals surface area (Å²) in [6.45, 7) is 3.62. The molecule has 2 aliphatic rings. The summed E-state index contributed by atoms with van der Waals surface area (Å²) in [5.74, 6) is -4.99. The van der Waals surface area contributed by atoms with E-state index in [1.807, 2.05) is 0 Å². The van der Waals surface area contributed by atoms with Crippen molar-refractivity contribution in [1.82, 2.24) is 10.2 Å². The van der Waals surface area contributed by atoms with Crippen LogP contribution in [0.15, 0.2) is 24.4 Å². The van der Waals surface area contributed by atoms with Crippen molar-refractivity contribution in [3.63, 3.8) is 0 Å². The van der Waals surface area contributed by atoms with Crippen LogP contribution in [0.3, 0.4) is 0 Å². The van der Waals surface area contributed by atoms with E-state index in [4.69, 9.17) is 5.73 Å². The molecule has 0 aliphatic carbocycles. The number of carbonyl (C=O) groups excluding carboxylic acids is 2. The molecule has 8 heteroatoms. The molecule has 5 N–H and O–H groups in total. The SMILES string of the molecule is C=C1CCC(N2C(=O)c3cc(F)cc(N)c3C2(O)O)C(=O)N1. The van der Waals surface area contributed by atoms with Gasteiger partial charge in [-0.1, -0.05) is 6.58 Å². The molecule has 2 heterocycles. The highest BCUT2D eigenvalue weighted by Gasteiger charge is 2.54. The molecule has 1 saturated heterocycles. The Morgan fingerprint density at radius 1 is 1.41 bits per heavy atom. The predicted octanol–water partition coefficient (Wildman–Crippen LogP) is -0.249. The smallest absolute Gasteiger partial charge is 0.281 e. The van der Waals surface area contributed by atoms with Crippen molar-refractivity contribution in [2.24, 2.45) is 0 Å². The molecule has 1 aromatic carbocycles. The van der Waals surface area contributed by atoms with Crippen LogP contribution in [0.25, 0.3) is 0 Å². The van der Waals surface area contributed by atoms with E-state index in [9.17, 15) is 24.2 Å². The van der Waals surface area contributed by atoms with E-state index in [-0.39, 0.29) is 23.2 Å². The summed E-state index contributed by atoms with van der Waals surface area (Å²) in [4.78, 5) is 25.1. The van der Waals surface area contributed by atoms with Crippen LogP contribution in [0.2, 0.25) is 0 Å². The largest absolute Gasteiger partial charge is 0.398 e. The average Bonchev–Trinajstić information content (AvgIpc) is 2.58. The number of nitrogens with two attached hydrogens (primary N) is 1. The van der Waals surface area contributed by atoms with E-state index in [2.05, 4.69) is 11.9 Å². The molecule has 1 aromatic rings. The van der Waals surface area contributed by atoms with Gasteiger partial charge in [-0.25, -0.2) is 4.39 Å². The van der Waals surface area contributed by atoms with Gasteiger partial charge in [-0.15, -0.1) is 0 Å². The number of carbonyl (C=O) groups is 2. The molecule has 0 aromatic heterocycles. The summed E-state index contributed by atoms with van der Waals surface area (Å²) in [7, 11) is 0. The molecule has 1 unspecified atom stereocenters. The number of fused-ring (bicyclic) bond motifs is 1. The Hall–Kier alpha value is -2.45. The number of rotatable bonds is 1. The molecule has 2 aliphatic heterocycles. The zero-order valence-corrected chi connectivity index (χ0v) is 11.5. The number of halogens is 1. The number of nitrogens with one attached hydrogen (secondary N) is 1. The molecule has 1 fully saturated rings. The van der Waals surface area contributed by atoms with Gasteiger partial charge in [0.05, 0.1) is 11.1 Å². The third-order valence-corrected chi connectivity index (χ3v) is 3.89. The van der Waals surface area contributed by atoms with Crippen LogP contribution in [0.1, 0.15) is 28.8 Å². The number of hydrogen-bond acceptors (Lipinski definition) is 5. The van der Waals surface area contributed by atoms with Crippen molar-refractivity contribution in [3.05, 3.63) is 41.4 Å². The molecule has 0 bridgehead atoms. The van der Waals surface area contributed by atoms with Crippen LogP contribution >= 0.6 is 0 Å². The van der Waals surface area contributed by atoms with Gasteiger partial charge in [-0.3, -0.25) is 14.5 Å². The Bertz CT molecular complexity index is 716. The Kier molecular flexibility index (Phi) is 2.98. The van der Waals surface area contributed by atoms with Crippen molar-refractivity contribution >= 4 is 17.5 Å². The van der Waals surface area contributed by atoms with Crippen LogP contribution in [0, 0.1) is 5.82 Å². The number of amides is 2. The minimum atomic E-state index is -2.77. The summed E-state index contributed by atoms with van der Waals surface area (Å²) in [5, 5.41) is 23.1. The predicted molar refractivity (Wildman–Crippen MR) is 73.4 cm³/mol. The van der Waals surface area contributed by atoms with E-state index >= 15 is 0 Å². The molecular weight excluding hydrogens is 293 g/mol. The summed E-state index contributed by atoms with van der Waals surface area (Å²) < 4.78 is 13.4. The lowest BCUT2D eigenvalue weighted by Gasteiger charge is -2.37.